The van der Waals surface area contributed by atoms with Crippen LogP contribution in [0.15, 0.2) is 42.5 Å². The zero-order valence-corrected chi connectivity index (χ0v) is 23.0. The molecule has 0 aromatic heterocycles. The van der Waals surface area contributed by atoms with Crippen molar-refractivity contribution in [3.63, 3.8) is 0 Å². The third kappa shape index (κ3) is 7.85. The predicted molar refractivity (Wildman–Crippen MR) is 142 cm³/mol. The number of carbonyl (C=O) groups excluding carboxylic acids is 2. The van der Waals surface area contributed by atoms with E-state index in [2.05, 4.69) is 5.32 Å². The standard InChI is InChI=1S/C25H33Cl2N3O4S/c1-6-19-10-8-9-11-23(19)30(35(5,33)34)16-24(31)29(22(7-2)25(32)28-17(3)4)15-18-12-13-20(26)21(27)14-18/h8-14,17,22H,6-7,15-16H2,1-5H3,(H,28,32)/t22-/m1/s1. The summed E-state index contributed by atoms with van der Waals surface area (Å²) in [5, 5.41) is 3.55. The molecule has 2 rings (SSSR count). The lowest BCUT2D eigenvalue weighted by atomic mass is 10.1. The van der Waals surface area contributed by atoms with Crippen LogP contribution in [-0.4, -0.2) is 50.0 Å². The molecule has 1 atom stereocenters. The maximum Gasteiger partial charge on any atom is 0.244 e. The smallest absolute Gasteiger partial charge is 0.244 e. The van der Waals surface area contributed by atoms with Crippen LogP contribution in [0.2, 0.25) is 10.0 Å². The molecule has 0 heterocycles. The first-order chi connectivity index (χ1) is 16.4. The second-order valence-electron chi connectivity index (χ2n) is 8.61. The van der Waals surface area contributed by atoms with Gasteiger partial charge in [-0.2, -0.15) is 0 Å². The molecular formula is C25H33Cl2N3O4S. The predicted octanol–water partition coefficient (Wildman–Crippen LogP) is 4.65. The minimum atomic E-state index is -3.79. The molecule has 35 heavy (non-hydrogen) atoms. The zero-order valence-electron chi connectivity index (χ0n) is 20.7. The van der Waals surface area contributed by atoms with Gasteiger partial charge in [0.05, 0.1) is 22.0 Å². The lowest BCUT2D eigenvalue weighted by Crippen LogP contribution is -2.53. The Kier molecular flexibility index (Phi) is 10.4. The number of nitrogens with zero attached hydrogens (tertiary/aromatic N) is 2. The molecule has 0 aliphatic rings. The Hall–Kier alpha value is -2.29. The highest BCUT2D eigenvalue weighted by Gasteiger charge is 2.32. The number of para-hydroxylation sites is 1. The van der Waals surface area contributed by atoms with Crippen molar-refractivity contribution in [2.45, 2.75) is 59.2 Å². The minimum Gasteiger partial charge on any atom is -0.352 e. The molecule has 0 aliphatic carbocycles. The van der Waals surface area contributed by atoms with Crippen molar-refractivity contribution in [2.24, 2.45) is 0 Å². The summed E-state index contributed by atoms with van der Waals surface area (Å²) in [5.74, 6) is -0.811. The number of hydrogen-bond acceptors (Lipinski definition) is 4. The molecule has 0 aliphatic heterocycles. The molecule has 2 aromatic rings. The van der Waals surface area contributed by atoms with E-state index in [9.17, 15) is 18.0 Å². The third-order valence-corrected chi connectivity index (χ3v) is 7.34. The third-order valence-electron chi connectivity index (χ3n) is 5.47. The largest absolute Gasteiger partial charge is 0.352 e. The number of rotatable bonds is 11. The van der Waals surface area contributed by atoms with Gasteiger partial charge in [-0.05, 0) is 56.0 Å². The van der Waals surface area contributed by atoms with Crippen LogP contribution in [0.25, 0.3) is 0 Å². The normalized spacial score (nSPS) is 12.3. The van der Waals surface area contributed by atoms with Gasteiger partial charge in [0.25, 0.3) is 0 Å². The summed E-state index contributed by atoms with van der Waals surface area (Å²) in [7, 11) is -3.79. The Morgan fingerprint density at radius 2 is 1.69 bits per heavy atom. The van der Waals surface area contributed by atoms with Gasteiger partial charge >= 0.3 is 0 Å². The Balaban J connectivity index is 2.50. The first-order valence-electron chi connectivity index (χ1n) is 11.5. The van der Waals surface area contributed by atoms with E-state index in [0.29, 0.717) is 34.1 Å². The number of carbonyl (C=O) groups is 2. The number of amides is 2. The van der Waals surface area contributed by atoms with Crippen molar-refractivity contribution in [3.05, 3.63) is 63.6 Å². The van der Waals surface area contributed by atoms with Gasteiger partial charge in [0.2, 0.25) is 21.8 Å². The van der Waals surface area contributed by atoms with Crippen LogP contribution >= 0.6 is 23.2 Å². The number of aryl methyl sites for hydroxylation is 1. The molecule has 2 aromatic carbocycles. The average molecular weight is 543 g/mol. The highest BCUT2D eigenvalue weighted by Crippen LogP contribution is 2.26. The van der Waals surface area contributed by atoms with Crippen molar-refractivity contribution < 1.29 is 18.0 Å². The molecule has 0 bridgehead atoms. The zero-order chi connectivity index (χ0) is 26.3. The molecule has 0 radical (unpaired) electrons. The van der Waals surface area contributed by atoms with Gasteiger partial charge < -0.3 is 10.2 Å². The van der Waals surface area contributed by atoms with Crippen LogP contribution in [-0.2, 0) is 32.6 Å². The molecule has 192 valence electrons. The number of benzene rings is 2. The summed E-state index contributed by atoms with van der Waals surface area (Å²) in [6.45, 7) is 7.02. The van der Waals surface area contributed by atoms with Gasteiger partial charge in [-0.3, -0.25) is 13.9 Å². The maximum absolute atomic E-state index is 13.7. The molecule has 0 saturated heterocycles. The summed E-state index contributed by atoms with van der Waals surface area (Å²) in [5.41, 5.74) is 1.91. The quantitative estimate of drug-likeness (QED) is 0.448. The fourth-order valence-electron chi connectivity index (χ4n) is 3.78. The van der Waals surface area contributed by atoms with E-state index in [1.165, 1.54) is 4.90 Å². The molecule has 0 fully saturated rings. The summed E-state index contributed by atoms with van der Waals surface area (Å²) < 4.78 is 26.6. The number of hydrogen-bond donors (Lipinski definition) is 1. The van der Waals surface area contributed by atoms with Gasteiger partial charge in [-0.15, -0.1) is 0 Å². The lowest BCUT2D eigenvalue weighted by Gasteiger charge is -2.33. The van der Waals surface area contributed by atoms with E-state index >= 15 is 0 Å². The van der Waals surface area contributed by atoms with Gasteiger partial charge in [0.1, 0.15) is 12.6 Å². The average Bonchev–Trinajstić information content (AvgIpc) is 2.78. The van der Waals surface area contributed by atoms with E-state index < -0.39 is 28.5 Å². The summed E-state index contributed by atoms with van der Waals surface area (Å²) in [6.07, 6.45) is 2.01. The van der Waals surface area contributed by atoms with Crippen LogP contribution in [0.3, 0.4) is 0 Å². The van der Waals surface area contributed by atoms with Crippen molar-refractivity contribution in [1.82, 2.24) is 10.2 Å². The van der Waals surface area contributed by atoms with E-state index in [-0.39, 0.29) is 18.5 Å². The van der Waals surface area contributed by atoms with Crippen LogP contribution in [0.1, 0.15) is 45.2 Å². The topological polar surface area (TPSA) is 86.8 Å². The van der Waals surface area contributed by atoms with E-state index in [1.807, 2.05) is 32.9 Å². The van der Waals surface area contributed by atoms with Crippen LogP contribution in [0, 0.1) is 0 Å². The molecule has 0 saturated carbocycles. The fraction of sp³-hybridized carbons (Fsp3) is 0.440. The highest BCUT2D eigenvalue weighted by molar-refractivity contribution is 7.92. The summed E-state index contributed by atoms with van der Waals surface area (Å²) >= 11 is 12.2. The van der Waals surface area contributed by atoms with Gasteiger partial charge in [-0.25, -0.2) is 8.42 Å². The maximum atomic E-state index is 13.7. The van der Waals surface area contributed by atoms with E-state index in [4.69, 9.17) is 23.2 Å². The molecule has 2 amide bonds. The monoisotopic (exact) mass is 541 g/mol. The first kappa shape index (κ1) is 28.9. The highest BCUT2D eigenvalue weighted by atomic mass is 35.5. The molecular weight excluding hydrogens is 509 g/mol. The van der Waals surface area contributed by atoms with Crippen molar-refractivity contribution in [1.29, 1.82) is 0 Å². The SMILES string of the molecule is CCc1ccccc1N(CC(=O)N(Cc1ccc(Cl)c(Cl)c1)[C@H](CC)C(=O)NC(C)C)S(C)(=O)=O. The van der Waals surface area contributed by atoms with Gasteiger partial charge in [0.15, 0.2) is 0 Å². The van der Waals surface area contributed by atoms with Crippen molar-refractivity contribution >= 4 is 50.7 Å². The second kappa shape index (κ2) is 12.6. The van der Waals surface area contributed by atoms with Crippen LogP contribution in [0.4, 0.5) is 5.69 Å². The number of sulfonamides is 1. The number of anilines is 1. The Morgan fingerprint density at radius 3 is 2.23 bits per heavy atom. The first-order valence-corrected chi connectivity index (χ1v) is 14.1. The Bertz CT molecular complexity index is 1160. The fourth-order valence-corrected chi connectivity index (χ4v) is 4.98. The van der Waals surface area contributed by atoms with Crippen LogP contribution in [0.5, 0.6) is 0 Å². The summed E-state index contributed by atoms with van der Waals surface area (Å²) in [4.78, 5) is 28.1. The van der Waals surface area contributed by atoms with Crippen molar-refractivity contribution in [2.75, 3.05) is 17.1 Å². The Labute approximate surface area is 218 Å². The van der Waals surface area contributed by atoms with E-state index in [1.54, 1.807) is 37.3 Å². The lowest BCUT2D eigenvalue weighted by molar-refractivity contribution is -0.140. The number of halogens is 2. The Morgan fingerprint density at radius 1 is 1.03 bits per heavy atom. The molecule has 1 N–H and O–H groups in total. The van der Waals surface area contributed by atoms with Crippen LogP contribution < -0.4 is 9.62 Å². The second-order valence-corrected chi connectivity index (χ2v) is 11.3. The minimum absolute atomic E-state index is 0.0623. The van der Waals surface area contributed by atoms with Crippen molar-refractivity contribution in [3.8, 4) is 0 Å². The number of nitrogens with one attached hydrogen (secondary N) is 1. The molecule has 0 spiro atoms. The van der Waals surface area contributed by atoms with Gasteiger partial charge in [0, 0.05) is 12.6 Å². The van der Waals surface area contributed by atoms with Gasteiger partial charge in [-0.1, -0.05) is 61.3 Å². The molecule has 10 heteroatoms. The molecule has 7 nitrogen and oxygen atoms in total. The summed E-state index contributed by atoms with van der Waals surface area (Å²) in [6, 6.07) is 11.1. The molecule has 0 unspecified atom stereocenters. The van der Waals surface area contributed by atoms with E-state index in [0.717, 1.165) is 16.1 Å².